The van der Waals surface area contributed by atoms with Gasteiger partial charge in [-0.1, -0.05) is 25.7 Å². The van der Waals surface area contributed by atoms with E-state index in [-0.39, 0.29) is 17.9 Å². The van der Waals surface area contributed by atoms with Crippen LogP contribution in [0, 0.1) is 0 Å². The molecule has 0 bridgehead atoms. The molecule has 142 valence electrons. The number of rotatable bonds is 5. The van der Waals surface area contributed by atoms with Gasteiger partial charge in [-0.25, -0.2) is 9.97 Å². The van der Waals surface area contributed by atoms with Crippen LogP contribution in [0.1, 0.15) is 55.9 Å². The number of nitrogens with zero attached hydrogens (tertiary/aromatic N) is 2. The molecule has 7 heteroatoms. The van der Waals surface area contributed by atoms with Gasteiger partial charge in [-0.2, -0.15) is 0 Å². The van der Waals surface area contributed by atoms with Gasteiger partial charge in [0.15, 0.2) is 0 Å². The van der Waals surface area contributed by atoms with Crippen molar-refractivity contribution in [2.75, 3.05) is 10.6 Å². The number of carbonyl (C=O) groups excluding carboxylic acids is 2. The third-order valence-corrected chi connectivity index (χ3v) is 4.57. The largest absolute Gasteiger partial charge is 0.348 e. The Morgan fingerprint density at radius 3 is 2.30 bits per heavy atom. The van der Waals surface area contributed by atoms with Crippen LogP contribution < -0.4 is 16.0 Å². The molecule has 0 unspecified atom stereocenters. The summed E-state index contributed by atoms with van der Waals surface area (Å²) in [5.74, 6) is 0.271. The minimum atomic E-state index is -0.159. The third kappa shape index (κ3) is 5.77. The molecule has 0 radical (unpaired) electrons. The molecule has 1 aromatic heterocycles. The smallest absolute Gasteiger partial charge is 0.270 e. The van der Waals surface area contributed by atoms with Gasteiger partial charge in [-0.05, 0) is 37.1 Å². The Balaban J connectivity index is 1.62. The summed E-state index contributed by atoms with van der Waals surface area (Å²) in [4.78, 5) is 31.9. The van der Waals surface area contributed by atoms with E-state index < -0.39 is 0 Å². The highest BCUT2D eigenvalue weighted by molar-refractivity contribution is 5.93. The Morgan fingerprint density at radius 2 is 1.63 bits per heavy atom. The van der Waals surface area contributed by atoms with E-state index in [0.29, 0.717) is 11.5 Å². The van der Waals surface area contributed by atoms with Crippen molar-refractivity contribution in [1.29, 1.82) is 0 Å². The lowest BCUT2D eigenvalue weighted by Gasteiger charge is -2.16. The van der Waals surface area contributed by atoms with E-state index in [4.69, 9.17) is 0 Å². The second-order valence-corrected chi connectivity index (χ2v) is 6.83. The maximum absolute atomic E-state index is 12.5. The normalized spacial score (nSPS) is 14.9. The Kier molecular flexibility index (Phi) is 6.35. The summed E-state index contributed by atoms with van der Waals surface area (Å²) in [5.41, 5.74) is 1.88. The molecule has 0 atom stereocenters. The summed E-state index contributed by atoms with van der Waals surface area (Å²) in [5, 5.41) is 8.96. The topological polar surface area (TPSA) is 96.0 Å². The summed E-state index contributed by atoms with van der Waals surface area (Å²) in [6, 6.07) is 9.13. The average molecular weight is 367 g/mol. The standard InChI is InChI=1S/C20H25N5O2/c1-14(26)23-16-8-10-17(11-9-16)24-19-12-18(21-13-22-19)20(27)25-15-6-4-2-3-5-7-15/h8-13,15H,2-7H2,1H3,(H,23,26)(H,25,27)(H,21,22,24). The molecule has 2 amide bonds. The molecule has 1 heterocycles. The van der Waals surface area contributed by atoms with E-state index in [9.17, 15) is 9.59 Å². The zero-order valence-electron chi connectivity index (χ0n) is 15.5. The molecule has 2 aromatic rings. The maximum Gasteiger partial charge on any atom is 0.270 e. The zero-order chi connectivity index (χ0) is 19.1. The van der Waals surface area contributed by atoms with E-state index in [2.05, 4.69) is 25.9 Å². The van der Waals surface area contributed by atoms with Crippen molar-refractivity contribution in [3.63, 3.8) is 0 Å². The second kappa shape index (κ2) is 9.12. The highest BCUT2D eigenvalue weighted by atomic mass is 16.2. The van der Waals surface area contributed by atoms with Crippen LogP contribution >= 0.6 is 0 Å². The molecule has 1 fully saturated rings. The number of hydrogen-bond donors (Lipinski definition) is 3. The Labute approximate surface area is 159 Å². The SMILES string of the molecule is CC(=O)Nc1ccc(Nc2cc(C(=O)NC3CCCCCC3)ncn2)cc1. The zero-order valence-corrected chi connectivity index (χ0v) is 15.5. The van der Waals surface area contributed by atoms with Crippen molar-refractivity contribution in [1.82, 2.24) is 15.3 Å². The number of hydrogen-bond acceptors (Lipinski definition) is 5. The molecule has 3 rings (SSSR count). The van der Waals surface area contributed by atoms with Gasteiger partial charge in [-0.3, -0.25) is 9.59 Å². The summed E-state index contributed by atoms with van der Waals surface area (Å²) in [6.07, 6.45) is 8.26. The first-order chi connectivity index (χ1) is 13.1. The van der Waals surface area contributed by atoms with Crippen LogP contribution in [0.25, 0.3) is 0 Å². The van der Waals surface area contributed by atoms with Gasteiger partial charge >= 0.3 is 0 Å². The van der Waals surface area contributed by atoms with Crippen LogP contribution in [0.3, 0.4) is 0 Å². The van der Waals surface area contributed by atoms with Crippen molar-refractivity contribution in [3.05, 3.63) is 42.4 Å². The second-order valence-electron chi connectivity index (χ2n) is 6.83. The number of amides is 2. The van der Waals surface area contributed by atoms with Crippen LogP contribution in [0.2, 0.25) is 0 Å². The van der Waals surface area contributed by atoms with Crippen LogP contribution in [0.15, 0.2) is 36.7 Å². The molecule has 1 aliphatic carbocycles. The lowest BCUT2D eigenvalue weighted by Crippen LogP contribution is -2.34. The van der Waals surface area contributed by atoms with E-state index >= 15 is 0 Å². The highest BCUT2D eigenvalue weighted by Gasteiger charge is 2.17. The molecule has 27 heavy (non-hydrogen) atoms. The molecule has 0 aliphatic heterocycles. The molecule has 1 aromatic carbocycles. The van der Waals surface area contributed by atoms with Crippen LogP contribution in [0.5, 0.6) is 0 Å². The third-order valence-electron chi connectivity index (χ3n) is 4.57. The van der Waals surface area contributed by atoms with Crippen LogP contribution in [-0.2, 0) is 4.79 Å². The molecule has 0 spiro atoms. The lowest BCUT2D eigenvalue weighted by molar-refractivity contribution is -0.114. The molecule has 3 N–H and O–H groups in total. The fourth-order valence-corrected chi connectivity index (χ4v) is 3.22. The minimum absolute atomic E-state index is 0.115. The van der Waals surface area contributed by atoms with Crippen molar-refractivity contribution in [2.45, 2.75) is 51.5 Å². The lowest BCUT2D eigenvalue weighted by atomic mass is 10.1. The van der Waals surface area contributed by atoms with E-state index in [1.807, 2.05) is 12.1 Å². The van der Waals surface area contributed by atoms with Gasteiger partial charge in [-0.15, -0.1) is 0 Å². The van der Waals surface area contributed by atoms with Crippen molar-refractivity contribution in [2.24, 2.45) is 0 Å². The number of nitrogens with one attached hydrogen (secondary N) is 3. The Hall–Kier alpha value is -2.96. The quantitative estimate of drug-likeness (QED) is 0.701. The number of anilines is 3. The van der Waals surface area contributed by atoms with Gasteiger partial charge in [0.05, 0.1) is 0 Å². The fourth-order valence-electron chi connectivity index (χ4n) is 3.22. The van der Waals surface area contributed by atoms with Crippen molar-refractivity contribution >= 4 is 29.0 Å². The van der Waals surface area contributed by atoms with Gasteiger partial charge in [0.2, 0.25) is 5.91 Å². The van der Waals surface area contributed by atoms with Gasteiger partial charge in [0.25, 0.3) is 5.91 Å². The predicted octanol–water partition coefficient (Wildman–Crippen LogP) is 3.63. The van der Waals surface area contributed by atoms with Gasteiger partial charge in [0.1, 0.15) is 17.8 Å². The van der Waals surface area contributed by atoms with E-state index in [1.165, 1.54) is 26.1 Å². The first kappa shape index (κ1) is 18.8. The number of carbonyl (C=O) groups is 2. The minimum Gasteiger partial charge on any atom is -0.348 e. The molecule has 0 saturated heterocycles. The summed E-state index contributed by atoms with van der Waals surface area (Å²) in [6.45, 7) is 1.47. The monoisotopic (exact) mass is 367 g/mol. The Bertz CT molecular complexity index is 783. The van der Waals surface area contributed by atoms with Gasteiger partial charge < -0.3 is 16.0 Å². The van der Waals surface area contributed by atoms with Crippen LogP contribution in [-0.4, -0.2) is 27.8 Å². The first-order valence-corrected chi connectivity index (χ1v) is 9.38. The average Bonchev–Trinajstić information content (AvgIpc) is 2.92. The summed E-state index contributed by atoms with van der Waals surface area (Å²) >= 11 is 0. The number of benzene rings is 1. The molecule has 1 saturated carbocycles. The number of aromatic nitrogens is 2. The fraction of sp³-hybridized carbons (Fsp3) is 0.400. The first-order valence-electron chi connectivity index (χ1n) is 9.38. The molecule has 7 nitrogen and oxygen atoms in total. The summed E-state index contributed by atoms with van der Waals surface area (Å²) < 4.78 is 0. The predicted molar refractivity (Wildman–Crippen MR) is 105 cm³/mol. The van der Waals surface area contributed by atoms with Crippen molar-refractivity contribution < 1.29 is 9.59 Å². The highest BCUT2D eigenvalue weighted by Crippen LogP contribution is 2.19. The Morgan fingerprint density at radius 1 is 0.963 bits per heavy atom. The molecular weight excluding hydrogens is 342 g/mol. The molecular formula is C20H25N5O2. The summed E-state index contributed by atoms with van der Waals surface area (Å²) in [7, 11) is 0. The van der Waals surface area contributed by atoms with Crippen LogP contribution in [0.4, 0.5) is 17.2 Å². The molecule has 1 aliphatic rings. The van der Waals surface area contributed by atoms with E-state index in [0.717, 1.165) is 37.1 Å². The van der Waals surface area contributed by atoms with E-state index in [1.54, 1.807) is 18.2 Å². The van der Waals surface area contributed by atoms with Crippen molar-refractivity contribution in [3.8, 4) is 0 Å². The maximum atomic E-state index is 12.5. The van der Waals surface area contributed by atoms with Gasteiger partial charge in [0, 0.05) is 30.4 Å².